The first-order valence-electron chi connectivity index (χ1n) is 16.9. The van der Waals surface area contributed by atoms with Crippen LogP contribution in [-0.4, -0.2) is 59.9 Å². The average molecular weight is 739 g/mol. The third-order valence-electron chi connectivity index (χ3n) is 8.36. The maximum Gasteiger partial charge on any atom is 0.412 e. The molecule has 15 heteroatoms. The van der Waals surface area contributed by atoms with Crippen LogP contribution in [0.1, 0.15) is 70.6 Å². The Bertz CT molecular complexity index is 1890. The van der Waals surface area contributed by atoms with E-state index in [0.717, 1.165) is 5.56 Å². The van der Waals surface area contributed by atoms with Crippen LogP contribution < -0.4 is 20.1 Å². The predicted molar refractivity (Wildman–Crippen MR) is 196 cm³/mol. The first-order valence-corrected chi connectivity index (χ1v) is 18.6. The molecule has 4 rings (SSSR count). The third-order valence-corrected chi connectivity index (χ3v) is 9.68. The van der Waals surface area contributed by atoms with Crippen LogP contribution in [0.4, 0.5) is 21.9 Å². The number of nitro benzene ring substituents is 1. The Balaban J connectivity index is 1.48. The Morgan fingerprint density at radius 2 is 1.73 bits per heavy atom. The van der Waals surface area contributed by atoms with Gasteiger partial charge in [-0.3, -0.25) is 29.7 Å². The van der Waals surface area contributed by atoms with Gasteiger partial charge in [-0.2, -0.15) is 0 Å². The van der Waals surface area contributed by atoms with Crippen molar-refractivity contribution >= 4 is 45.1 Å². The second-order valence-electron chi connectivity index (χ2n) is 14.4. The number of hydrogen-bond acceptors (Lipinski definition) is 10. The highest BCUT2D eigenvalue weighted by atomic mass is 32.2. The standard InChI is InChI=1S/C37H46N4O10S/c1-22(2)16-25-18-27(41(46)47)13-15-30(25)40-52(48,49)21-32(42)31(17-24-10-8-7-9-11-24)39-34(43)20-29-23(3)28-14-12-26(19-33(28)50-35(29)44)38-36(45)51-37(4,5)6/h7-15,18-19,22-23,29,31-32,40,42H,16-17,20-21H2,1-6H3,(H,38,45)(H,39,43)/t23?,29?,31-,32-/m0/s1. The zero-order valence-electron chi connectivity index (χ0n) is 30.0. The number of nitrogens with zero attached hydrogens (tertiary/aromatic N) is 1. The summed E-state index contributed by atoms with van der Waals surface area (Å²) in [5.41, 5.74) is 1.44. The van der Waals surface area contributed by atoms with Crippen molar-refractivity contribution in [3.63, 3.8) is 0 Å². The summed E-state index contributed by atoms with van der Waals surface area (Å²) in [5.74, 6) is -3.09. The number of aliphatic hydroxyl groups is 1. The minimum absolute atomic E-state index is 0.0672. The quantitative estimate of drug-likeness (QED) is 0.0688. The van der Waals surface area contributed by atoms with Gasteiger partial charge in [-0.15, -0.1) is 0 Å². The highest BCUT2D eigenvalue weighted by Crippen LogP contribution is 2.40. The van der Waals surface area contributed by atoms with Gasteiger partial charge >= 0.3 is 12.1 Å². The number of ether oxygens (including phenoxy) is 2. The van der Waals surface area contributed by atoms with Crippen molar-refractivity contribution in [3.8, 4) is 5.75 Å². The molecule has 0 fully saturated rings. The molecular formula is C37H46N4O10S. The molecule has 3 aromatic rings. The molecule has 4 N–H and O–H groups in total. The second kappa shape index (κ2) is 16.5. The van der Waals surface area contributed by atoms with E-state index in [1.807, 2.05) is 13.8 Å². The van der Waals surface area contributed by atoms with E-state index in [1.165, 1.54) is 24.3 Å². The van der Waals surface area contributed by atoms with E-state index in [1.54, 1.807) is 70.2 Å². The van der Waals surface area contributed by atoms with Crippen LogP contribution >= 0.6 is 0 Å². The van der Waals surface area contributed by atoms with Gasteiger partial charge in [0.05, 0.1) is 34.4 Å². The van der Waals surface area contributed by atoms with E-state index in [0.29, 0.717) is 23.2 Å². The van der Waals surface area contributed by atoms with Crippen LogP contribution in [0.3, 0.4) is 0 Å². The van der Waals surface area contributed by atoms with E-state index in [9.17, 15) is 38.0 Å². The molecular weight excluding hydrogens is 692 g/mol. The van der Waals surface area contributed by atoms with Gasteiger partial charge in [0, 0.05) is 30.3 Å². The molecule has 3 aromatic carbocycles. The number of esters is 1. The minimum Gasteiger partial charge on any atom is -0.444 e. The summed E-state index contributed by atoms with van der Waals surface area (Å²) in [5, 5.41) is 28.0. The number of anilines is 2. The lowest BCUT2D eigenvalue weighted by Crippen LogP contribution is -2.49. The van der Waals surface area contributed by atoms with Gasteiger partial charge in [0.15, 0.2) is 0 Å². The lowest BCUT2D eigenvalue weighted by atomic mass is 9.82. The van der Waals surface area contributed by atoms with Crippen molar-refractivity contribution < 1.29 is 42.3 Å². The number of benzene rings is 3. The van der Waals surface area contributed by atoms with Crippen LogP contribution in [0, 0.1) is 22.0 Å². The van der Waals surface area contributed by atoms with Gasteiger partial charge in [0.1, 0.15) is 11.4 Å². The molecule has 1 aliphatic heterocycles. The molecule has 0 saturated heterocycles. The van der Waals surface area contributed by atoms with Crippen LogP contribution in [0.25, 0.3) is 0 Å². The number of non-ortho nitro benzene ring substituents is 1. The summed E-state index contributed by atoms with van der Waals surface area (Å²) in [6.07, 6.45) is -2.11. The van der Waals surface area contributed by atoms with Crippen LogP contribution in [-0.2, 0) is 37.2 Å². The number of aliphatic hydroxyl groups excluding tert-OH is 1. The fourth-order valence-corrected chi connectivity index (χ4v) is 7.23. The number of carbonyl (C=O) groups is 3. The largest absolute Gasteiger partial charge is 0.444 e. The molecule has 1 heterocycles. The Morgan fingerprint density at radius 3 is 2.37 bits per heavy atom. The highest BCUT2D eigenvalue weighted by molar-refractivity contribution is 7.92. The van der Waals surface area contributed by atoms with Gasteiger partial charge in [-0.25, -0.2) is 13.2 Å². The molecule has 52 heavy (non-hydrogen) atoms. The Labute approximate surface area is 303 Å². The molecule has 1 aliphatic rings. The van der Waals surface area contributed by atoms with E-state index in [2.05, 4.69) is 15.4 Å². The molecule has 0 aromatic heterocycles. The molecule has 14 nitrogen and oxygen atoms in total. The first-order chi connectivity index (χ1) is 24.3. The summed E-state index contributed by atoms with van der Waals surface area (Å²) in [4.78, 5) is 49.7. The van der Waals surface area contributed by atoms with Gasteiger partial charge in [0.2, 0.25) is 15.9 Å². The molecule has 2 amide bonds. The van der Waals surface area contributed by atoms with E-state index < -0.39 is 68.3 Å². The minimum atomic E-state index is -4.23. The van der Waals surface area contributed by atoms with E-state index in [-0.39, 0.29) is 35.9 Å². The Morgan fingerprint density at radius 1 is 1.04 bits per heavy atom. The molecule has 0 spiro atoms. The highest BCUT2D eigenvalue weighted by Gasteiger charge is 2.38. The summed E-state index contributed by atoms with van der Waals surface area (Å²) in [6.45, 7) is 10.8. The van der Waals surface area contributed by atoms with Crippen molar-refractivity contribution in [1.82, 2.24) is 5.32 Å². The number of rotatable bonds is 14. The molecule has 0 saturated carbocycles. The molecule has 2 unspecified atom stereocenters. The maximum atomic E-state index is 13.5. The molecule has 4 atom stereocenters. The number of nitro groups is 1. The average Bonchev–Trinajstić information content (AvgIpc) is 3.02. The zero-order valence-corrected chi connectivity index (χ0v) is 30.9. The Kier molecular flexibility index (Phi) is 12.7. The topological polar surface area (TPSA) is 203 Å². The molecule has 280 valence electrons. The summed E-state index contributed by atoms with van der Waals surface area (Å²) in [6, 6.07) is 16.5. The van der Waals surface area contributed by atoms with E-state index >= 15 is 0 Å². The predicted octanol–water partition coefficient (Wildman–Crippen LogP) is 5.70. The third kappa shape index (κ3) is 11.2. The van der Waals surface area contributed by atoms with Crippen molar-refractivity contribution in [2.45, 2.75) is 84.5 Å². The van der Waals surface area contributed by atoms with Crippen LogP contribution in [0.2, 0.25) is 0 Å². The summed E-state index contributed by atoms with van der Waals surface area (Å²) < 4.78 is 40.0. The number of hydrogen-bond donors (Lipinski definition) is 4. The van der Waals surface area contributed by atoms with Gasteiger partial charge in [-0.05, 0) is 74.3 Å². The van der Waals surface area contributed by atoms with Crippen molar-refractivity contribution in [2.24, 2.45) is 11.8 Å². The smallest absolute Gasteiger partial charge is 0.412 e. The lowest BCUT2D eigenvalue weighted by Gasteiger charge is -2.30. The van der Waals surface area contributed by atoms with E-state index in [4.69, 9.17) is 9.47 Å². The fraction of sp³-hybridized carbons (Fsp3) is 0.432. The summed E-state index contributed by atoms with van der Waals surface area (Å²) >= 11 is 0. The normalized spacial score (nSPS) is 17.0. The fourth-order valence-electron chi connectivity index (χ4n) is 5.93. The Hall–Kier alpha value is -5.02. The van der Waals surface area contributed by atoms with Gasteiger partial charge in [-0.1, -0.05) is 57.2 Å². The van der Waals surface area contributed by atoms with Crippen molar-refractivity contribution in [1.29, 1.82) is 0 Å². The second-order valence-corrected chi connectivity index (χ2v) is 16.2. The first kappa shape index (κ1) is 39.8. The molecule has 0 radical (unpaired) electrons. The molecule has 0 bridgehead atoms. The number of amides is 2. The maximum absolute atomic E-state index is 13.5. The van der Waals surface area contributed by atoms with Crippen LogP contribution in [0.15, 0.2) is 66.7 Å². The zero-order chi connectivity index (χ0) is 38.4. The lowest BCUT2D eigenvalue weighted by molar-refractivity contribution is -0.384. The number of fused-ring (bicyclic) bond motifs is 1. The number of sulfonamides is 1. The molecule has 0 aliphatic carbocycles. The van der Waals surface area contributed by atoms with Crippen LogP contribution in [0.5, 0.6) is 5.75 Å². The summed E-state index contributed by atoms with van der Waals surface area (Å²) in [7, 11) is -4.23. The SMILES string of the molecule is CC(C)Cc1cc([N+](=O)[O-])ccc1NS(=O)(=O)C[C@H](O)[C@H](Cc1ccccc1)NC(=O)CC1C(=O)Oc2cc(NC(=O)OC(C)(C)C)ccc2C1C. The number of nitrogens with one attached hydrogen (secondary N) is 3. The monoisotopic (exact) mass is 738 g/mol. The van der Waals surface area contributed by atoms with Gasteiger partial charge < -0.3 is 19.9 Å². The van der Waals surface area contributed by atoms with Crippen molar-refractivity contribution in [2.75, 3.05) is 15.8 Å². The van der Waals surface area contributed by atoms with Gasteiger partial charge in [0.25, 0.3) is 5.69 Å². The van der Waals surface area contributed by atoms with Crippen molar-refractivity contribution in [3.05, 3.63) is 93.5 Å². The number of carbonyl (C=O) groups excluding carboxylic acids is 3.